The Hall–Kier alpha value is -1.69. The van der Waals surface area contributed by atoms with Gasteiger partial charge in [-0.2, -0.15) is 5.10 Å². The van der Waals surface area contributed by atoms with Crippen molar-refractivity contribution < 1.29 is 4.74 Å². The van der Waals surface area contributed by atoms with Gasteiger partial charge in [0, 0.05) is 17.5 Å². The molecule has 3 rings (SSSR count). The van der Waals surface area contributed by atoms with Gasteiger partial charge in [-0.3, -0.25) is 9.36 Å². The van der Waals surface area contributed by atoms with Gasteiger partial charge in [-0.1, -0.05) is 34.8 Å². The summed E-state index contributed by atoms with van der Waals surface area (Å²) < 4.78 is 8.15. The fourth-order valence-electron chi connectivity index (χ4n) is 2.59. The Kier molecular flexibility index (Phi) is 4.04. The lowest BCUT2D eigenvalue weighted by Gasteiger charge is -2.14. The molecule has 0 spiro atoms. The minimum Gasteiger partial charge on any atom is -0.492 e. The fraction of sp³-hybridized carbons (Fsp3) is 0.200. The highest BCUT2D eigenvalue weighted by molar-refractivity contribution is 6.45. The molecule has 1 aromatic carbocycles. The van der Waals surface area contributed by atoms with Crippen LogP contribution in [0, 0.1) is 6.92 Å². The number of ether oxygens (including phenoxy) is 1. The second-order valence-corrected chi connectivity index (χ2v) is 6.17. The zero-order chi connectivity index (χ0) is 16.9. The van der Waals surface area contributed by atoms with Crippen LogP contribution in [-0.4, -0.2) is 21.5 Å². The number of fused-ring (bicyclic) bond motifs is 1. The van der Waals surface area contributed by atoms with Crippen LogP contribution in [0.15, 0.2) is 23.0 Å². The molecule has 23 heavy (non-hydrogen) atoms. The summed E-state index contributed by atoms with van der Waals surface area (Å²) in [7, 11) is 3.04. The molecular weight excluding hydrogens is 361 g/mol. The quantitative estimate of drug-likeness (QED) is 0.683. The SMILES string of the molecule is COc1c(C)nn(C)c(=O)c1-n1c(Cl)c(Cl)c2ccc(Cl)cc21. The molecule has 0 atom stereocenters. The Bertz CT molecular complexity index is 992. The van der Waals surface area contributed by atoms with Crippen LogP contribution in [0.25, 0.3) is 16.6 Å². The predicted octanol–water partition coefficient (Wildman–Crippen LogP) is 4.00. The topological polar surface area (TPSA) is 49.1 Å². The second kappa shape index (κ2) is 5.74. The van der Waals surface area contributed by atoms with Crippen LogP contribution in [0.2, 0.25) is 15.2 Å². The summed E-state index contributed by atoms with van der Waals surface area (Å²) in [5, 5.41) is 5.88. The van der Waals surface area contributed by atoms with E-state index in [2.05, 4.69) is 5.10 Å². The summed E-state index contributed by atoms with van der Waals surface area (Å²) >= 11 is 18.8. The molecule has 0 aliphatic carbocycles. The molecule has 0 amide bonds. The molecule has 2 aromatic heterocycles. The van der Waals surface area contributed by atoms with Gasteiger partial charge in [-0.25, -0.2) is 4.68 Å². The van der Waals surface area contributed by atoms with Crippen LogP contribution >= 0.6 is 34.8 Å². The van der Waals surface area contributed by atoms with Crippen molar-refractivity contribution in [1.82, 2.24) is 14.3 Å². The third kappa shape index (κ3) is 2.40. The van der Waals surface area contributed by atoms with Crippen molar-refractivity contribution in [1.29, 1.82) is 0 Å². The van der Waals surface area contributed by atoms with E-state index in [1.165, 1.54) is 11.8 Å². The Morgan fingerprint density at radius 1 is 1.22 bits per heavy atom. The first-order chi connectivity index (χ1) is 10.9. The van der Waals surface area contributed by atoms with Gasteiger partial charge in [-0.15, -0.1) is 0 Å². The van der Waals surface area contributed by atoms with Crippen LogP contribution in [0.5, 0.6) is 5.75 Å². The highest BCUT2D eigenvalue weighted by Crippen LogP contribution is 2.39. The first kappa shape index (κ1) is 16.2. The van der Waals surface area contributed by atoms with Crippen molar-refractivity contribution in [2.75, 3.05) is 7.11 Å². The van der Waals surface area contributed by atoms with Gasteiger partial charge in [-0.05, 0) is 25.1 Å². The minimum absolute atomic E-state index is 0.213. The smallest absolute Gasteiger partial charge is 0.294 e. The zero-order valence-corrected chi connectivity index (χ0v) is 14.8. The lowest BCUT2D eigenvalue weighted by Crippen LogP contribution is -2.26. The lowest BCUT2D eigenvalue weighted by molar-refractivity contribution is 0.401. The summed E-state index contributed by atoms with van der Waals surface area (Å²) in [5.41, 5.74) is 1.06. The molecule has 0 N–H and O–H groups in total. The number of halogens is 3. The Morgan fingerprint density at radius 2 is 1.91 bits per heavy atom. The van der Waals surface area contributed by atoms with Crippen molar-refractivity contribution in [3.05, 3.63) is 49.4 Å². The monoisotopic (exact) mass is 371 g/mol. The van der Waals surface area contributed by atoms with Gasteiger partial charge in [0.2, 0.25) is 0 Å². The van der Waals surface area contributed by atoms with E-state index in [4.69, 9.17) is 39.5 Å². The number of hydrogen-bond acceptors (Lipinski definition) is 3. The maximum absolute atomic E-state index is 12.7. The molecular formula is C15H12Cl3N3O2. The number of aromatic nitrogens is 3. The summed E-state index contributed by atoms with van der Waals surface area (Å²) in [6.45, 7) is 1.75. The highest BCUT2D eigenvalue weighted by atomic mass is 35.5. The van der Waals surface area contributed by atoms with Crippen molar-refractivity contribution in [3.8, 4) is 11.4 Å². The summed E-state index contributed by atoms with van der Waals surface area (Å²) in [4.78, 5) is 12.7. The molecule has 3 aromatic rings. The van der Waals surface area contributed by atoms with Gasteiger partial charge in [0.15, 0.2) is 11.4 Å². The number of nitrogens with zero attached hydrogens (tertiary/aromatic N) is 3. The summed E-state index contributed by atoms with van der Waals surface area (Å²) in [6, 6.07) is 5.17. The van der Waals surface area contributed by atoms with Crippen LogP contribution in [0.1, 0.15) is 5.69 Å². The van der Waals surface area contributed by atoms with Crippen LogP contribution < -0.4 is 10.3 Å². The number of rotatable bonds is 2. The number of benzene rings is 1. The number of aryl methyl sites for hydroxylation is 2. The Balaban J connectivity index is 2.55. The first-order valence-corrected chi connectivity index (χ1v) is 7.77. The highest BCUT2D eigenvalue weighted by Gasteiger charge is 2.23. The third-order valence-corrected chi connectivity index (χ3v) is 4.65. The summed E-state index contributed by atoms with van der Waals surface area (Å²) in [6.07, 6.45) is 0. The van der Waals surface area contributed by atoms with E-state index >= 15 is 0 Å². The Morgan fingerprint density at radius 3 is 2.57 bits per heavy atom. The summed E-state index contributed by atoms with van der Waals surface area (Å²) in [5.74, 6) is 0.337. The zero-order valence-electron chi connectivity index (χ0n) is 12.5. The van der Waals surface area contributed by atoms with Gasteiger partial charge >= 0.3 is 0 Å². The van der Waals surface area contributed by atoms with E-state index in [9.17, 15) is 4.79 Å². The predicted molar refractivity (Wildman–Crippen MR) is 92.6 cm³/mol. The van der Waals surface area contributed by atoms with Crippen molar-refractivity contribution in [2.24, 2.45) is 7.05 Å². The van der Waals surface area contributed by atoms with Gasteiger partial charge in [0.1, 0.15) is 10.8 Å². The normalized spacial score (nSPS) is 11.2. The van der Waals surface area contributed by atoms with E-state index in [0.717, 1.165) is 0 Å². The average molecular weight is 373 g/mol. The molecule has 5 nitrogen and oxygen atoms in total. The van der Waals surface area contributed by atoms with E-state index in [0.29, 0.717) is 32.4 Å². The molecule has 0 saturated carbocycles. The molecule has 8 heteroatoms. The maximum Gasteiger partial charge on any atom is 0.294 e. The molecule has 0 saturated heterocycles. The van der Waals surface area contributed by atoms with Crippen LogP contribution in [-0.2, 0) is 7.05 Å². The van der Waals surface area contributed by atoms with Gasteiger partial charge < -0.3 is 4.74 Å². The second-order valence-electron chi connectivity index (χ2n) is 5.00. The Labute approximate surface area is 146 Å². The van der Waals surface area contributed by atoms with E-state index in [1.807, 2.05) is 0 Å². The number of hydrogen-bond donors (Lipinski definition) is 0. The minimum atomic E-state index is -0.358. The largest absolute Gasteiger partial charge is 0.492 e. The molecule has 120 valence electrons. The average Bonchev–Trinajstić information content (AvgIpc) is 2.74. The van der Waals surface area contributed by atoms with Crippen LogP contribution in [0.4, 0.5) is 0 Å². The fourth-order valence-corrected chi connectivity index (χ4v) is 3.28. The van der Waals surface area contributed by atoms with E-state index < -0.39 is 0 Å². The van der Waals surface area contributed by atoms with E-state index in [-0.39, 0.29) is 16.4 Å². The molecule has 0 radical (unpaired) electrons. The molecule has 0 aliphatic rings. The first-order valence-electron chi connectivity index (χ1n) is 6.64. The van der Waals surface area contributed by atoms with Gasteiger partial charge in [0.05, 0.1) is 17.6 Å². The molecule has 2 heterocycles. The number of methoxy groups -OCH3 is 1. The lowest BCUT2D eigenvalue weighted by atomic mass is 10.2. The molecule has 0 fully saturated rings. The molecule has 0 aliphatic heterocycles. The van der Waals surface area contributed by atoms with Crippen molar-refractivity contribution in [2.45, 2.75) is 6.92 Å². The van der Waals surface area contributed by atoms with Crippen LogP contribution in [0.3, 0.4) is 0 Å². The molecule has 0 unspecified atom stereocenters. The van der Waals surface area contributed by atoms with Crippen molar-refractivity contribution in [3.63, 3.8) is 0 Å². The van der Waals surface area contributed by atoms with E-state index in [1.54, 1.807) is 36.7 Å². The maximum atomic E-state index is 12.7. The molecule has 0 bridgehead atoms. The van der Waals surface area contributed by atoms with Crippen molar-refractivity contribution >= 4 is 45.7 Å². The third-order valence-electron chi connectivity index (χ3n) is 3.58. The standard InChI is InChI=1S/C15H12Cl3N3O2/c1-7-13(23-3)12(15(22)20(2)19-7)21-10-6-8(16)4-5-9(10)11(17)14(21)18/h4-6H,1-3H3. The van der Waals surface area contributed by atoms with Gasteiger partial charge in [0.25, 0.3) is 5.56 Å².